The van der Waals surface area contributed by atoms with Crippen LogP contribution >= 0.6 is 0 Å². The van der Waals surface area contributed by atoms with Crippen LogP contribution in [0.1, 0.15) is 27.7 Å². The molecule has 1 aliphatic carbocycles. The summed E-state index contributed by atoms with van der Waals surface area (Å²) in [6, 6.07) is 0.320. The van der Waals surface area contributed by atoms with Gasteiger partial charge in [0.2, 0.25) is 5.91 Å². The average molecular weight is 184 g/mol. The van der Waals surface area contributed by atoms with Crippen LogP contribution in [0, 0.1) is 10.8 Å². The van der Waals surface area contributed by atoms with Gasteiger partial charge in [0, 0.05) is 6.04 Å². The molecule has 2 N–H and O–H groups in total. The second kappa shape index (κ2) is 2.98. The summed E-state index contributed by atoms with van der Waals surface area (Å²) in [5.74, 6) is 0.0890. The van der Waals surface area contributed by atoms with E-state index in [1.807, 2.05) is 0 Å². The third-order valence-electron chi connectivity index (χ3n) is 3.66. The first-order valence-electron chi connectivity index (χ1n) is 4.78. The predicted octanol–water partition coefficient (Wildman–Crippen LogP) is 0.757. The summed E-state index contributed by atoms with van der Waals surface area (Å²) in [6.07, 6.45) is 0. The molecule has 3 heteroatoms. The Morgan fingerprint density at radius 3 is 2.00 bits per heavy atom. The van der Waals surface area contributed by atoms with E-state index in [1.54, 1.807) is 7.05 Å². The molecule has 0 unspecified atom stereocenters. The third kappa shape index (κ3) is 1.57. The molecule has 1 aliphatic rings. The Morgan fingerprint density at radius 2 is 1.69 bits per heavy atom. The van der Waals surface area contributed by atoms with Crippen molar-refractivity contribution >= 4 is 5.91 Å². The lowest BCUT2D eigenvalue weighted by Gasteiger charge is -2.05. The van der Waals surface area contributed by atoms with Gasteiger partial charge in [-0.2, -0.15) is 0 Å². The van der Waals surface area contributed by atoms with Crippen molar-refractivity contribution in [1.82, 2.24) is 10.6 Å². The maximum Gasteiger partial charge on any atom is 0.234 e. The summed E-state index contributed by atoms with van der Waals surface area (Å²) in [5.41, 5.74) is 0.465. The molecule has 0 radical (unpaired) electrons. The van der Waals surface area contributed by atoms with Gasteiger partial charge in [-0.25, -0.2) is 0 Å². The Morgan fingerprint density at radius 1 is 1.23 bits per heavy atom. The highest BCUT2D eigenvalue weighted by molar-refractivity contribution is 5.79. The van der Waals surface area contributed by atoms with Gasteiger partial charge < -0.3 is 10.6 Å². The third-order valence-corrected chi connectivity index (χ3v) is 3.66. The molecule has 1 amide bonds. The normalized spacial score (nSPS) is 24.1. The molecule has 0 atom stereocenters. The van der Waals surface area contributed by atoms with Crippen molar-refractivity contribution in [3.05, 3.63) is 0 Å². The van der Waals surface area contributed by atoms with Crippen molar-refractivity contribution in [2.45, 2.75) is 33.7 Å². The number of likely N-dealkylation sites (N-methyl/N-ethyl adjacent to an activating group) is 1. The topological polar surface area (TPSA) is 41.1 Å². The monoisotopic (exact) mass is 184 g/mol. The Hall–Kier alpha value is -0.570. The maximum absolute atomic E-state index is 11.3. The number of hydrogen-bond acceptors (Lipinski definition) is 2. The van der Waals surface area contributed by atoms with Crippen molar-refractivity contribution in [2.24, 2.45) is 10.8 Å². The van der Waals surface area contributed by atoms with E-state index in [1.165, 1.54) is 0 Å². The minimum atomic E-state index is 0.0890. The molecule has 0 heterocycles. The van der Waals surface area contributed by atoms with Crippen molar-refractivity contribution in [3.8, 4) is 0 Å². The van der Waals surface area contributed by atoms with E-state index in [0.717, 1.165) is 0 Å². The van der Waals surface area contributed by atoms with Crippen molar-refractivity contribution in [1.29, 1.82) is 0 Å². The lowest BCUT2D eigenvalue weighted by atomic mass is 10.0. The number of carbonyl (C=O) groups excluding carboxylic acids is 1. The quantitative estimate of drug-likeness (QED) is 0.680. The molecular formula is C10H20N2O. The molecule has 0 aromatic carbocycles. The lowest BCUT2D eigenvalue weighted by Crippen LogP contribution is -2.36. The number of rotatable bonds is 3. The fourth-order valence-corrected chi connectivity index (χ4v) is 1.93. The molecule has 13 heavy (non-hydrogen) atoms. The van der Waals surface area contributed by atoms with Crippen LogP contribution in [0.2, 0.25) is 0 Å². The number of nitrogens with one attached hydrogen (secondary N) is 2. The van der Waals surface area contributed by atoms with Gasteiger partial charge in [0.1, 0.15) is 0 Å². The smallest absolute Gasteiger partial charge is 0.234 e. The zero-order chi connectivity index (χ0) is 10.3. The van der Waals surface area contributed by atoms with Crippen LogP contribution in [0.5, 0.6) is 0 Å². The van der Waals surface area contributed by atoms with Gasteiger partial charge in [-0.1, -0.05) is 27.7 Å². The molecule has 1 saturated carbocycles. The Kier molecular flexibility index (Phi) is 2.41. The predicted molar refractivity (Wildman–Crippen MR) is 53.4 cm³/mol. The van der Waals surface area contributed by atoms with Gasteiger partial charge >= 0.3 is 0 Å². The van der Waals surface area contributed by atoms with Crippen LogP contribution in [0.25, 0.3) is 0 Å². The van der Waals surface area contributed by atoms with Crippen LogP contribution in [0.3, 0.4) is 0 Å². The second-order valence-corrected chi connectivity index (χ2v) is 4.97. The molecule has 76 valence electrons. The van der Waals surface area contributed by atoms with Gasteiger partial charge in [0.15, 0.2) is 0 Å². The number of carbonyl (C=O) groups is 1. The highest BCUT2D eigenvalue weighted by Crippen LogP contribution is 2.62. The van der Waals surface area contributed by atoms with E-state index >= 15 is 0 Å². The minimum Gasteiger partial charge on any atom is -0.351 e. The summed E-state index contributed by atoms with van der Waals surface area (Å²) in [6.45, 7) is 9.17. The Balaban J connectivity index is 2.46. The fourth-order valence-electron chi connectivity index (χ4n) is 1.93. The van der Waals surface area contributed by atoms with Crippen LogP contribution in [-0.2, 0) is 4.79 Å². The van der Waals surface area contributed by atoms with Crippen LogP contribution in [-0.4, -0.2) is 25.5 Å². The highest BCUT2D eigenvalue weighted by atomic mass is 16.2. The second-order valence-electron chi connectivity index (χ2n) is 4.97. The van der Waals surface area contributed by atoms with E-state index in [0.29, 0.717) is 12.6 Å². The first-order chi connectivity index (χ1) is 5.84. The largest absolute Gasteiger partial charge is 0.351 e. The van der Waals surface area contributed by atoms with E-state index in [2.05, 4.69) is 38.3 Å². The van der Waals surface area contributed by atoms with Crippen molar-refractivity contribution in [3.63, 3.8) is 0 Å². The molecule has 0 aromatic heterocycles. The van der Waals surface area contributed by atoms with Gasteiger partial charge in [0.25, 0.3) is 0 Å². The zero-order valence-corrected chi connectivity index (χ0v) is 9.19. The fraction of sp³-hybridized carbons (Fsp3) is 0.900. The van der Waals surface area contributed by atoms with Crippen molar-refractivity contribution < 1.29 is 4.79 Å². The van der Waals surface area contributed by atoms with Gasteiger partial charge in [0.05, 0.1) is 6.54 Å². The van der Waals surface area contributed by atoms with Gasteiger partial charge in [-0.05, 0) is 17.9 Å². The molecule has 0 bridgehead atoms. The van der Waals surface area contributed by atoms with E-state index in [4.69, 9.17) is 0 Å². The summed E-state index contributed by atoms with van der Waals surface area (Å²) in [4.78, 5) is 11.3. The molecule has 0 aliphatic heterocycles. The summed E-state index contributed by atoms with van der Waals surface area (Å²) in [7, 11) is 1.78. The SMILES string of the molecule is CNCC(=O)NC1C(C)(C)C1(C)C. The molecule has 0 spiro atoms. The van der Waals surface area contributed by atoms with Gasteiger partial charge in [-0.15, -0.1) is 0 Å². The van der Waals surface area contributed by atoms with E-state index in [9.17, 15) is 4.79 Å². The van der Waals surface area contributed by atoms with Crippen molar-refractivity contribution in [2.75, 3.05) is 13.6 Å². The first-order valence-corrected chi connectivity index (χ1v) is 4.78. The highest BCUT2D eigenvalue weighted by Gasteiger charge is 2.65. The molecule has 0 saturated heterocycles. The van der Waals surface area contributed by atoms with Crippen LogP contribution in [0.15, 0.2) is 0 Å². The first kappa shape index (κ1) is 10.5. The zero-order valence-electron chi connectivity index (χ0n) is 9.19. The summed E-state index contributed by atoms with van der Waals surface area (Å²) >= 11 is 0. The molecule has 1 fully saturated rings. The minimum absolute atomic E-state index is 0.0890. The molecule has 3 nitrogen and oxygen atoms in total. The maximum atomic E-state index is 11.3. The summed E-state index contributed by atoms with van der Waals surface area (Å²) in [5, 5.41) is 5.88. The van der Waals surface area contributed by atoms with E-state index < -0.39 is 0 Å². The lowest BCUT2D eigenvalue weighted by molar-refractivity contribution is -0.120. The van der Waals surface area contributed by atoms with Gasteiger partial charge in [-0.3, -0.25) is 4.79 Å². The number of hydrogen-bond donors (Lipinski definition) is 2. The van der Waals surface area contributed by atoms with Crippen LogP contribution in [0.4, 0.5) is 0 Å². The Labute approximate surface area is 80.3 Å². The Bertz CT molecular complexity index is 207. The molecular weight excluding hydrogens is 164 g/mol. The van der Waals surface area contributed by atoms with E-state index in [-0.39, 0.29) is 16.7 Å². The molecule has 1 rings (SSSR count). The number of amides is 1. The van der Waals surface area contributed by atoms with Crippen LogP contribution < -0.4 is 10.6 Å². The summed E-state index contributed by atoms with van der Waals surface area (Å²) < 4.78 is 0. The standard InChI is InChI=1S/C10H20N2O/c1-9(2)8(10(9,3)4)12-7(13)6-11-5/h8,11H,6H2,1-5H3,(H,12,13). The average Bonchev–Trinajstić information content (AvgIpc) is 2.33. The molecule has 0 aromatic rings.